The molecule has 24 heavy (non-hydrogen) atoms. The predicted molar refractivity (Wildman–Crippen MR) is 84.3 cm³/mol. The van der Waals surface area contributed by atoms with Crippen LogP contribution in [-0.4, -0.2) is 36.8 Å². The van der Waals surface area contributed by atoms with E-state index in [-0.39, 0.29) is 5.91 Å². The monoisotopic (exact) mass is 335 g/mol. The average molecular weight is 335 g/mol. The third-order valence-electron chi connectivity index (χ3n) is 3.48. The topological polar surface area (TPSA) is 90.9 Å². The van der Waals surface area contributed by atoms with Gasteiger partial charge in [-0.05, 0) is 23.6 Å². The number of nitrogens with one attached hydrogen (secondary N) is 1. The fraction of sp³-hybridized carbons (Fsp3) is 0.471. The molecule has 7 heteroatoms. The van der Waals surface area contributed by atoms with E-state index in [0.717, 1.165) is 11.1 Å². The summed E-state index contributed by atoms with van der Waals surface area (Å²) in [5, 5.41) is 2.74. The number of carbonyl (C=O) groups is 3. The SMILES string of the molecule is CC(=O)NCCc1ccc2c(c1)CC(OC(C)=O)C(OC(C)=O)O2. The van der Waals surface area contributed by atoms with Gasteiger partial charge >= 0.3 is 11.9 Å². The zero-order chi connectivity index (χ0) is 17.7. The third kappa shape index (κ3) is 4.97. The normalized spacial score (nSPS) is 18.8. The molecule has 2 rings (SSSR count). The Kier molecular flexibility index (Phi) is 5.78. The first-order valence-corrected chi connectivity index (χ1v) is 7.72. The van der Waals surface area contributed by atoms with Gasteiger partial charge in [0.05, 0.1) is 0 Å². The van der Waals surface area contributed by atoms with Gasteiger partial charge in [-0.15, -0.1) is 0 Å². The summed E-state index contributed by atoms with van der Waals surface area (Å²) in [5.74, 6) is -0.457. The summed E-state index contributed by atoms with van der Waals surface area (Å²) in [7, 11) is 0. The van der Waals surface area contributed by atoms with Gasteiger partial charge in [-0.1, -0.05) is 12.1 Å². The van der Waals surface area contributed by atoms with Crippen molar-refractivity contribution in [1.29, 1.82) is 0 Å². The molecule has 2 unspecified atom stereocenters. The summed E-state index contributed by atoms with van der Waals surface area (Å²) in [5.41, 5.74) is 1.89. The molecule has 0 radical (unpaired) electrons. The maximum Gasteiger partial charge on any atom is 0.305 e. The number of esters is 2. The summed E-state index contributed by atoms with van der Waals surface area (Å²) >= 11 is 0. The Balaban J connectivity index is 2.13. The van der Waals surface area contributed by atoms with E-state index >= 15 is 0 Å². The van der Waals surface area contributed by atoms with Crippen LogP contribution < -0.4 is 10.1 Å². The summed E-state index contributed by atoms with van der Waals surface area (Å²) < 4.78 is 16.0. The second-order valence-electron chi connectivity index (χ2n) is 5.62. The van der Waals surface area contributed by atoms with E-state index in [2.05, 4.69) is 5.32 Å². The van der Waals surface area contributed by atoms with Crippen molar-refractivity contribution < 1.29 is 28.6 Å². The van der Waals surface area contributed by atoms with Crippen molar-refractivity contribution in [2.24, 2.45) is 0 Å². The van der Waals surface area contributed by atoms with E-state index in [9.17, 15) is 14.4 Å². The highest BCUT2D eigenvalue weighted by Crippen LogP contribution is 2.30. The molecule has 1 aromatic carbocycles. The first kappa shape index (κ1) is 17.8. The Morgan fingerprint density at radius 2 is 1.88 bits per heavy atom. The number of carbonyl (C=O) groups excluding carboxylic acids is 3. The number of amides is 1. The molecule has 0 saturated heterocycles. The van der Waals surface area contributed by atoms with Gasteiger partial charge in [0.25, 0.3) is 6.29 Å². The lowest BCUT2D eigenvalue weighted by molar-refractivity contribution is -0.192. The van der Waals surface area contributed by atoms with Gasteiger partial charge in [-0.2, -0.15) is 0 Å². The lowest BCUT2D eigenvalue weighted by atomic mass is 9.99. The van der Waals surface area contributed by atoms with Crippen LogP contribution >= 0.6 is 0 Å². The Morgan fingerprint density at radius 1 is 1.17 bits per heavy atom. The predicted octanol–water partition coefficient (Wildman–Crippen LogP) is 1.12. The van der Waals surface area contributed by atoms with Gasteiger partial charge in [0.1, 0.15) is 5.75 Å². The Morgan fingerprint density at radius 3 is 2.50 bits per heavy atom. The van der Waals surface area contributed by atoms with E-state index in [1.165, 1.54) is 20.8 Å². The maximum atomic E-state index is 11.3. The molecule has 0 aliphatic carbocycles. The van der Waals surface area contributed by atoms with Gasteiger partial charge in [-0.3, -0.25) is 14.4 Å². The molecule has 0 spiro atoms. The summed E-state index contributed by atoms with van der Waals surface area (Å²) in [6.07, 6.45) is -0.576. The van der Waals surface area contributed by atoms with Crippen LogP contribution in [0.4, 0.5) is 0 Å². The van der Waals surface area contributed by atoms with Crippen molar-refractivity contribution >= 4 is 17.8 Å². The lowest BCUT2D eigenvalue weighted by Gasteiger charge is -2.32. The standard InChI is InChI=1S/C17H21NO6/c1-10(19)18-7-6-13-4-5-15-14(8-13)9-16(22-11(2)20)17(24-15)23-12(3)21/h4-5,8,16-17H,6-7,9H2,1-3H3,(H,18,19). The molecule has 1 heterocycles. The molecular weight excluding hydrogens is 314 g/mol. The van der Waals surface area contributed by atoms with Gasteiger partial charge in [0.2, 0.25) is 5.91 Å². The van der Waals surface area contributed by atoms with Crippen molar-refractivity contribution in [2.45, 2.75) is 46.0 Å². The molecule has 1 aliphatic rings. The molecule has 130 valence electrons. The Hall–Kier alpha value is -2.57. The molecule has 0 saturated carbocycles. The molecule has 0 aromatic heterocycles. The second-order valence-corrected chi connectivity index (χ2v) is 5.62. The van der Waals surface area contributed by atoms with E-state index < -0.39 is 24.3 Å². The number of rotatable bonds is 5. The van der Waals surface area contributed by atoms with E-state index in [1.54, 1.807) is 6.07 Å². The molecule has 1 N–H and O–H groups in total. The zero-order valence-electron chi connectivity index (χ0n) is 14.0. The van der Waals surface area contributed by atoms with Crippen molar-refractivity contribution in [3.05, 3.63) is 29.3 Å². The molecular formula is C17H21NO6. The smallest absolute Gasteiger partial charge is 0.305 e. The fourth-order valence-electron chi connectivity index (χ4n) is 2.53. The van der Waals surface area contributed by atoms with E-state index in [1.807, 2.05) is 12.1 Å². The van der Waals surface area contributed by atoms with Crippen LogP contribution in [0.3, 0.4) is 0 Å². The highest BCUT2D eigenvalue weighted by molar-refractivity contribution is 5.72. The van der Waals surface area contributed by atoms with Crippen LogP contribution in [0, 0.1) is 0 Å². The zero-order valence-corrected chi connectivity index (χ0v) is 14.0. The van der Waals surface area contributed by atoms with E-state index in [4.69, 9.17) is 14.2 Å². The minimum absolute atomic E-state index is 0.0737. The maximum absolute atomic E-state index is 11.3. The number of hydrogen-bond acceptors (Lipinski definition) is 6. The molecule has 0 fully saturated rings. The number of benzene rings is 1. The van der Waals surface area contributed by atoms with Crippen LogP contribution in [0.25, 0.3) is 0 Å². The van der Waals surface area contributed by atoms with Crippen LogP contribution in [0.1, 0.15) is 31.9 Å². The lowest BCUT2D eigenvalue weighted by Crippen LogP contribution is -2.43. The highest BCUT2D eigenvalue weighted by Gasteiger charge is 2.35. The first-order valence-electron chi connectivity index (χ1n) is 7.72. The largest absolute Gasteiger partial charge is 0.454 e. The Bertz CT molecular complexity index is 642. The van der Waals surface area contributed by atoms with Crippen LogP contribution in [0.5, 0.6) is 5.75 Å². The van der Waals surface area contributed by atoms with Crippen LogP contribution in [-0.2, 0) is 36.7 Å². The van der Waals surface area contributed by atoms with E-state index in [0.29, 0.717) is 25.1 Å². The fourth-order valence-corrected chi connectivity index (χ4v) is 2.53. The van der Waals surface area contributed by atoms with Crippen molar-refractivity contribution in [1.82, 2.24) is 5.32 Å². The van der Waals surface area contributed by atoms with Crippen molar-refractivity contribution in [3.63, 3.8) is 0 Å². The second kappa shape index (κ2) is 7.81. The van der Waals surface area contributed by atoms with Crippen LogP contribution in [0.15, 0.2) is 18.2 Å². The van der Waals surface area contributed by atoms with Crippen molar-refractivity contribution in [3.8, 4) is 5.75 Å². The quantitative estimate of drug-likeness (QED) is 0.811. The van der Waals surface area contributed by atoms with Gasteiger partial charge in [0.15, 0.2) is 6.10 Å². The van der Waals surface area contributed by atoms with Gasteiger partial charge in [0, 0.05) is 33.7 Å². The minimum Gasteiger partial charge on any atom is -0.454 e. The first-order chi connectivity index (χ1) is 11.3. The minimum atomic E-state index is -0.955. The number of ether oxygens (including phenoxy) is 3. The van der Waals surface area contributed by atoms with Gasteiger partial charge in [-0.25, -0.2) is 0 Å². The molecule has 0 bridgehead atoms. The molecule has 1 amide bonds. The van der Waals surface area contributed by atoms with Gasteiger partial charge < -0.3 is 19.5 Å². The molecule has 1 aliphatic heterocycles. The Labute approximate surface area is 140 Å². The number of fused-ring (bicyclic) bond motifs is 1. The summed E-state index contributed by atoms with van der Waals surface area (Å²) in [6, 6.07) is 5.62. The summed E-state index contributed by atoms with van der Waals surface area (Å²) in [6.45, 7) is 4.58. The number of hydrogen-bond donors (Lipinski definition) is 1. The molecule has 7 nitrogen and oxygen atoms in total. The average Bonchev–Trinajstić information content (AvgIpc) is 2.46. The molecule has 2 atom stereocenters. The molecule has 1 aromatic rings. The summed E-state index contributed by atoms with van der Waals surface area (Å²) in [4.78, 5) is 33.4. The van der Waals surface area contributed by atoms with Crippen molar-refractivity contribution in [2.75, 3.05) is 6.54 Å². The van der Waals surface area contributed by atoms with Crippen LogP contribution in [0.2, 0.25) is 0 Å². The highest BCUT2D eigenvalue weighted by atomic mass is 16.7. The third-order valence-corrected chi connectivity index (χ3v) is 3.48.